The predicted octanol–water partition coefficient (Wildman–Crippen LogP) is 7.43. The molecule has 0 radical (unpaired) electrons. The van der Waals surface area contributed by atoms with Crippen LogP contribution >= 0.6 is 45.2 Å². The van der Waals surface area contributed by atoms with Crippen LogP contribution in [0.25, 0.3) is 0 Å². The van der Waals surface area contributed by atoms with Crippen molar-refractivity contribution in [2.45, 2.75) is 13.8 Å². The second-order valence-corrected chi connectivity index (χ2v) is 12.4. The summed E-state index contributed by atoms with van der Waals surface area (Å²) in [5.41, 5.74) is 5.19. The van der Waals surface area contributed by atoms with E-state index in [-0.39, 0.29) is 23.2 Å². The zero-order chi connectivity index (χ0) is 32.7. The zero-order valence-electron chi connectivity index (χ0n) is 24.5. The van der Waals surface area contributed by atoms with Gasteiger partial charge in [-0.3, -0.25) is 14.9 Å². The van der Waals surface area contributed by atoms with E-state index in [2.05, 4.69) is 81.8 Å². The Morgan fingerprint density at radius 3 is 1.71 bits per heavy atom. The van der Waals surface area contributed by atoms with E-state index in [4.69, 9.17) is 0 Å². The van der Waals surface area contributed by atoms with Crippen LogP contribution in [0.1, 0.15) is 31.8 Å². The largest absolute Gasteiger partial charge is 0.355 e. The molecule has 0 atom stereocenters. The first-order valence-corrected chi connectivity index (χ1v) is 15.5. The Bertz CT molecular complexity index is 1840. The van der Waals surface area contributed by atoms with Gasteiger partial charge in [-0.2, -0.15) is 5.21 Å². The third kappa shape index (κ3) is 9.16. The minimum atomic E-state index is -0.470. The van der Waals surface area contributed by atoms with Gasteiger partial charge in [0.1, 0.15) is 11.6 Å². The van der Waals surface area contributed by atoms with E-state index in [1.54, 1.807) is 14.1 Å². The number of tetrazole rings is 1. The van der Waals surface area contributed by atoms with Crippen molar-refractivity contribution in [2.75, 3.05) is 30.0 Å². The van der Waals surface area contributed by atoms with Crippen molar-refractivity contribution in [1.82, 2.24) is 25.5 Å². The standard InChI is InChI=1S/C16H16FIN2O.C15H12FIN6O/c1-10-8-12(18)5-7-14(10)19-15-9-11(17)4-6-13(15)16(21)20(2)3;1-8-6-10(17)3-5-12(8)18-13-7-9(16)2-4-11(13)14(24)19-15-20-22-23-21-15/h4-9,19H,1-3H3;2-7,18H,1H3,(H2,19,20,21,22,23,24). The van der Waals surface area contributed by atoms with Gasteiger partial charge in [-0.05, 0) is 148 Å². The lowest BCUT2D eigenvalue weighted by Gasteiger charge is -2.16. The Morgan fingerprint density at radius 1 is 0.733 bits per heavy atom. The summed E-state index contributed by atoms with van der Waals surface area (Å²) in [7, 11) is 3.34. The fourth-order valence-corrected chi connectivity index (χ4v) is 5.37. The Morgan fingerprint density at radius 2 is 1.24 bits per heavy atom. The first kappa shape index (κ1) is 33.7. The number of nitrogens with zero attached hydrogens (tertiary/aromatic N) is 4. The number of amides is 2. The van der Waals surface area contributed by atoms with E-state index in [0.29, 0.717) is 16.9 Å². The quantitative estimate of drug-likeness (QED) is 0.126. The topological polar surface area (TPSA) is 128 Å². The molecule has 45 heavy (non-hydrogen) atoms. The van der Waals surface area contributed by atoms with Gasteiger partial charge in [0.05, 0.1) is 22.5 Å². The van der Waals surface area contributed by atoms with Crippen LogP contribution in [0.15, 0.2) is 72.8 Å². The van der Waals surface area contributed by atoms with E-state index >= 15 is 0 Å². The fourth-order valence-electron chi connectivity index (χ4n) is 4.07. The van der Waals surface area contributed by atoms with Crippen molar-refractivity contribution < 1.29 is 18.4 Å². The predicted molar refractivity (Wildman–Crippen MR) is 187 cm³/mol. The lowest BCUT2D eigenvalue weighted by Crippen LogP contribution is -2.22. The van der Waals surface area contributed by atoms with Gasteiger partial charge in [-0.15, -0.1) is 5.10 Å². The van der Waals surface area contributed by atoms with Crippen LogP contribution < -0.4 is 16.0 Å². The van der Waals surface area contributed by atoms with E-state index < -0.39 is 11.7 Å². The number of hydrogen-bond donors (Lipinski definition) is 4. The van der Waals surface area contributed by atoms with Gasteiger partial charge in [0, 0.05) is 32.6 Å². The third-order valence-electron chi connectivity index (χ3n) is 6.33. The number of hydrogen-bond acceptors (Lipinski definition) is 7. The van der Waals surface area contributed by atoms with Crippen molar-refractivity contribution in [3.8, 4) is 0 Å². The normalized spacial score (nSPS) is 10.4. The van der Waals surface area contributed by atoms with Gasteiger partial charge >= 0.3 is 0 Å². The minimum Gasteiger partial charge on any atom is -0.355 e. The summed E-state index contributed by atoms with van der Waals surface area (Å²) in [6.45, 7) is 3.90. The van der Waals surface area contributed by atoms with Gasteiger partial charge in [0.25, 0.3) is 17.8 Å². The maximum Gasteiger partial charge on any atom is 0.270 e. The number of H-pyrrole nitrogens is 1. The Hall–Kier alpha value is -4.19. The molecule has 0 aliphatic rings. The Kier molecular flexibility index (Phi) is 11.4. The van der Waals surface area contributed by atoms with E-state index in [1.807, 2.05) is 50.2 Å². The second-order valence-electron chi connectivity index (χ2n) is 9.94. The number of carbonyl (C=O) groups is 2. The van der Waals surface area contributed by atoms with Crippen molar-refractivity contribution in [3.05, 3.63) is 114 Å². The molecule has 5 aromatic rings. The number of benzene rings is 4. The van der Waals surface area contributed by atoms with E-state index in [0.717, 1.165) is 29.6 Å². The molecule has 4 aromatic carbocycles. The highest BCUT2D eigenvalue weighted by Gasteiger charge is 2.16. The molecule has 0 saturated carbocycles. The fraction of sp³-hybridized carbons (Fsp3) is 0.129. The summed E-state index contributed by atoms with van der Waals surface area (Å²) in [6.07, 6.45) is 0. The van der Waals surface area contributed by atoms with Crippen LogP contribution in [0.5, 0.6) is 0 Å². The highest BCUT2D eigenvalue weighted by atomic mass is 127. The summed E-state index contributed by atoms with van der Waals surface area (Å²) >= 11 is 4.45. The molecule has 0 aliphatic carbocycles. The molecule has 10 nitrogen and oxygen atoms in total. The average Bonchev–Trinajstić information content (AvgIpc) is 3.49. The average molecular weight is 836 g/mol. The van der Waals surface area contributed by atoms with Crippen molar-refractivity contribution >= 4 is 85.7 Å². The van der Waals surface area contributed by atoms with Gasteiger partial charge in [0.15, 0.2) is 0 Å². The van der Waals surface area contributed by atoms with Crippen LogP contribution in [0.2, 0.25) is 0 Å². The number of aromatic amines is 1. The third-order valence-corrected chi connectivity index (χ3v) is 7.67. The van der Waals surface area contributed by atoms with Gasteiger partial charge in [0.2, 0.25) is 0 Å². The summed E-state index contributed by atoms with van der Waals surface area (Å²) in [5, 5.41) is 21.7. The van der Waals surface area contributed by atoms with Crippen LogP contribution in [0, 0.1) is 32.6 Å². The first-order chi connectivity index (χ1) is 21.4. The maximum absolute atomic E-state index is 13.6. The smallest absolute Gasteiger partial charge is 0.270 e. The summed E-state index contributed by atoms with van der Waals surface area (Å²) in [5.74, 6) is -1.42. The van der Waals surface area contributed by atoms with Crippen molar-refractivity contribution in [2.24, 2.45) is 0 Å². The van der Waals surface area contributed by atoms with E-state index in [9.17, 15) is 18.4 Å². The number of carbonyl (C=O) groups excluding carboxylic acids is 2. The van der Waals surface area contributed by atoms with Gasteiger partial charge < -0.3 is 15.5 Å². The zero-order valence-corrected chi connectivity index (χ0v) is 28.9. The SMILES string of the molecule is Cc1cc(I)ccc1Nc1cc(F)ccc1C(=O)N(C)C.Cc1cc(I)ccc1Nc1cc(F)ccc1C(=O)Nc1nn[nH]n1. The molecule has 14 heteroatoms. The highest BCUT2D eigenvalue weighted by molar-refractivity contribution is 14.1. The number of rotatable bonds is 7. The molecule has 0 unspecified atom stereocenters. The molecule has 0 aliphatic heterocycles. The number of aromatic nitrogens is 4. The van der Waals surface area contributed by atoms with Crippen LogP contribution in [0.4, 0.5) is 37.5 Å². The lowest BCUT2D eigenvalue weighted by atomic mass is 10.1. The Balaban J connectivity index is 0.000000207. The number of nitrogens with one attached hydrogen (secondary N) is 4. The second kappa shape index (κ2) is 15.2. The van der Waals surface area contributed by atoms with Crippen LogP contribution in [-0.4, -0.2) is 51.4 Å². The molecule has 1 aromatic heterocycles. The lowest BCUT2D eigenvalue weighted by molar-refractivity contribution is 0.0828. The summed E-state index contributed by atoms with van der Waals surface area (Å²) in [4.78, 5) is 26.0. The highest BCUT2D eigenvalue weighted by Crippen LogP contribution is 2.28. The molecule has 0 spiro atoms. The summed E-state index contributed by atoms with van der Waals surface area (Å²) in [6, 6.07) is 19.7. The van der Waals surface area contributed by atoms with Crippen molar-refractivity contribution in [3.63, 3.8) is 0 Å². The molecule has 1 heterocycles. The molecule has 232 valence electrons. The monoisotopic (exact) mass is 836 g/mol. The van der Waals surface area contributed by atoms with Gasteiger partial charge in [-0.1, -0.05) is 5.10 Å². The number of halogens is 4. The molecule has 0 bridgehead atoms. The molecule has 0 fully saturated rings. The van der Waals surface area contributed by atoms with Gasteiger partial charge in [-0.25, -0.2) is 8.78 Å². The minimum absolute atomic E-state index is 0.0423. The number of anilines is 5. The number of aryl methyl sites for hydroxylation is 2. The molecule has 5 rings (SSSR count). The molecule has 2 amide bonds. The molecule has 0 saturated heterocycles. The summed E-state index contributed by atoms with van der Waals surface area (Å²) < 4.78 is 29.4. The van der Waals surface area contributed by atoms with Crippen LogP contribution in [0.3, 0.4) is 0 Å². The van der Waals surface area contributed by atoms with Crippen molar-refractivity contribution in [1.29, 1.82) is 0 Å². The first-order valence-electron chi connectivity index (χ1n) is 13.3. The van der Waals surface area contributed by atoms with E-state index in [1.165, 1.54) is 41.3 Å². The van der Waals surface area contributed by atoms with Crippen LogP contribution in [-0.2, 0) is 0 Å². The molecular formula is C31H28F2I2N8O2. The Labute approximate surface area is 285 Å². The maximum atomic E-state index is 13.6. The molecular weight excluding hydrogens is 808 g/mol. The molecule has 4 N–H and O–H groups in total.